The van der Waals surface area contributed by atoms with E-state index in [0.29, 0.717) is 21.4 Å². The van der Waals surface area contributed by atoms with Crippen LogP contribution in [0.4, 0.5) is 5.13 Å². The Balaban J connectivity index is 1.85. The first kappa shape index (κ1) is 13.1. The summed E-state index contributed by atoms with van der Waals surface area (Å²) in [4.78, 5) is 16.4. The normalized spacial score (nSPS) is 10.9. The third-order valence-electron chi connectivity index (χ3n) is 2.79. The SMILES string of the molecule is CCn1ccc(C(=O)Nc2nc3c(Cl)cccc3s2)n1. The average Bonchev–Trinajstić information content (AvgIpc) is 3.05. The summed E-state index contributed by atoms with van der Waals surface area (Å²) in [6.07, 6.45) is 1.77. The second-order valence-corrected chi connectivity index (χ2v) is 5.55. The lowest BCUT2D eigenvalue weighted by Crippen LogP contribution is -2.13. The van der Waals surface area contributed by atoms with Gasteiger partial charge in [0.15, 0.2) is 10.8 Å². The molecule has 0 fully saturated rings. The minimum absolute atomic E-state index is 0.271. The van der Waals surface area contributed by atoms with Gasteiger partial charge >= 0.3 is 0 Å². The minimum atomic E-state index is -0.271. The molecule has 102 valence electrons. The number of rotatable bonds is 3. The Morgan fingerprint density at radius 1 is 1.45 bits per heavy atom. The van der Waals surface area contributed by atoms with Crippen LogP contribution < -0.4 is 5.32 Å². The molecule has 20 heavy (non-hydrogen) atoms. The van der Waals surface area contributed by atoms with Crippen LogP contribution >= 0.6 is 22.9 Å². The van der Waals surface area contributed by atoms with Gasteiger partial charge in [-0.05, 0) is 25.1 Å². The molecule has 1 aromatic carbocycles. The summed E-state index contributed by atoms with van der Waals surface area (Å²) < 4.78 is 2.64. The number of carbonyl (C=O) groups is 1. The van der Waals surface area contributed by atoms with E-state index in [-0.39, 0.29) is 5.91 Å². The van der Waals surface area contributed by atoms with Gasteiger partial charge in [-0.1, -0.05) is 29.0 Å². The molecule has 2 aromatic heterocycles. The fraction of sp³-hybridized carbons (Fsp3) is 0.154. The molecule has 0 bridgehead atoms. The quantitative estimate of drug-likeness (QED) is 0.806. The number of fused-ring (bicyclic) bond motifs is 1. The first-order chi connectivity index (χ1) is 9.67. The number of para-hydroxylation sites is 1. The molecule has 3 rings (SSSR count). The third kappa shape index (κ3) is 2.39. The number of anilines is 1. The van der Waals surface area contributed by atoms with Crippen LogP contribution in [-0.2, 0) is 6.54 Å². The zero-order valence-electron chi connectivity index (χ0n) is 10.6. The number of nitrogens with one attached hydrogen (secondary N) is 1. The van der Waals surface area contributed by atoms with Crippen LogP contribution in [0.3, 0.4) is 0 Å². The number of carbonyl (C=O) groups excluding carboxylic acids is 1. The molecule has 0 radical (unpaired) electrons. The number of amides is 1. The van der Waals surface area contributed by atoms with Crippen molar-refractivity contribution in [1.29, 1.82) is 0 Å². The van der Waals surface area contributed by atoms with E-state index in [1.807, 2.05) is 19.1 Å². The molecule has 0 saturated carbocycles. The number of nitrogens with zero attached hydrogens (tertiary/aromatic N) is 3. The highest BCUT2D eigenvalue weighted by Crippen LogP contribution is 2.30. The second kappa shape index (κ2) is 5.22. The molecular weight excluding hydrogens is 296 g/mol. The molecule has 5 nitrogen and oxygen atoms in total. The number of aryl methyl sites for hydroxylation is 1. The van der Waals surface area contributed by atoms with Gasteiger partial charge in [0, 0.05) is 12.7 Å². The number of thiazole rings is 1. The lowest BCUT2D eigenvalue weighted by molar-refractivity contribution is 0.102. The van der Waals surface area contributed by atoms with Crippen LogP contribution in [0.15, 0.2) is 30.5 Å². The van der Waals surface area contributed by atoms with Gasteiger partial charge in [0.2, 0.25) is 0 Å². The van der Waals surface area contributed by atoms with Crippen LogP contribution in [0.1, 0.15) is 17.4 Å². The predicted molar refractivity (Wildman–Crippen MR) is 80.5 cm³/mol. The second-order valence-electron chi connectivity index (χ2n) is 4.12. The highest BCUT2D eigenvalue weighted by molar-refractivity contribution is 7.22. The van der Waals surface area contributed by atoms with Crippen molar-refractivity contribution in [2.24, 2.45) is 0 Å². The van der Waals surface area contributed by atoms with E-state index in [0.717, 1.165) is 11.2 Å². The third-order valence-corrected chi connectivity index (χ3v) is 4.03. The molecule has 0 atom stereocenters. The van der Waals surface area contributed by atoms with Crippen molar-refractivity contribution in [2.75, 3.05) is 5.32 Å². The summed E-state index contributed by atoms with van der Waals surface area (Å²) in [7, 11) is 0. The van der Waals surface area contributed by atoms with Crippen molar-refractivity contribution >= 4 is 44.2 Å². The first-order valence-electron chi connectivity index (χ1n) is 6.07. The molecule has 0 aliphatic heterocycles. The van der Waals surface area contributed by atoms with Crippen molar-refractivity contribution in [3.05, 3.63) is 41.2 Å². The molecule has 0 spiro atoms. The summed E-state index contributed by atoms with van der Waals surface area (Å²) >= 11 is 7.45. The Labute approximate surface area is 124 Å². The van der Waals surface area contributed by atoms with Crippen molar-refractivity contribution in [3.63, 3.8) is 0 Å². The fourth-order valence-corrected chi connectivity index (χ4v) is 2.95. The summed E-state index contributed by atoms with van der Waals surface area (Å²) in [6, 6.07) is 7.23. The maximum absolute atomic E-state index is 12.1. The van der Waals surface area contributed by atoms with Crippen molar-refractivity contribution in [3.8, 4) is 0 Å². The zero-order valence-corrected chi connectivity index (χ0v) is 12.2. The maximum Gasteiger partial charge on any atom is 0.277 e. The highest BCUT2D eigenvalue weighted by atomic mass is 35.5. The molecule has 2 heterocycles. The van der Waals surface area contributed by atoms with Gasteiger partial charge in [-0.25, -0.2) is 4.98 Å². The van der Waals surface area contributed by atoms with Crippen molar-refractivity contribution in [1.82, 2.24) is 14.8 Å². The van der Waals surface area contributed by atoms with E-state index in [1.165, 1.54) is 11.3 Å². The lowest BCUT2D eigenvalue weighted by atomic mass is 10.3. The Kier molecular flexibility index (Phi) is 3.42. The number of benzene rings is 1. The Bertz CT molecular complexity index is 780. The van der Waals surface area contributed by atoms with Crippen LogP contribution in [0.25, 0.3) is 10.2 Å². The average molecular weight is 307 g/mol. The van der Waals surface area contributed by atoms with Gasteiger partial charge < -0.3 is 0 Å². The van der Waals surface area contributed by atoms with E-state index < -0.39 is 0 Å². The topological polar surface area (TPSA) is 59.8 Å². The molecular formula is C13H11ClN4OS. The molecule has 1 amide bonds. The molecule has 7 heteroatoms. The Hall–Kier alpha value is -1.92. The highest BCUT2D eigenvalue weighted by Gasteiger charge is 2.13. The molecule has 3 aromatic rings. The molecule has 0 aliphatic carbocycles. The summed E-state index contributed by atoms with van der Waals surface area (Å²) in [5, 5.41) is 7.99. The van der Waals surface area contributed by atoms with Crippen LogP contribution in [0.5, 0.6) is 0 Å². The van der Waals surface area contributed by atoms with Crippen molar-refractivity contribution < 1.29 is 4.79 Å². The number of hydrogen-bond acceptors (Lipinski definition) is 4. The standard InChI is InChI=1S/C13H11ClN4OS/c1-2-18-7-6-9(17-18)12(19)16-13-15-11-8(14)4-3-5-10(11)20-13/h3-7H,2H2,1H3,(H,15,16,19). The largest absolute Gasteiger partial charge is 0.296 e. The predicted octanol–water partition coefficient (Wildman–Crippen LogP) is 3.42. The van der Waals surface area contributed by atoms with Crippen LogP contribution in [0, 0.1) is 0 Å². The summed E-state index contributed by atoms with van der Waals surface area (Å²) in [5.74, 6) is -0.271. The van der Waals surface area contributed by atoms with Crippen LogP contribution in [0.2, 0.25) is 5.02 Å². The Morgan fingerprint density at radius 3 is 3.00 bits per heavy atom. The van der Waals surface area contributed by atoms with E-state index >= 15 is 0 Å². The van der Waals surface area contributed by atoms with Gasteiger partial charge in [0.05, 0.1) is 9.72 Å². The number of halogens is 1. The van der Waals surface area contributed by atoms with Gasteiger partial charge in [0.1, 0.15) is 5.52 Å². The van der Waals surface area contributed by atoms with Gasteiger partial charge in [-0.3, -0.25) is 14.8 Å². The summed E-state index contributed by atoms with van der Waals surface area (Å²) in [5.41, 5.74) is 1.07. The monoisotopic (exact) mass is 306 g/mol. The minimum Gasteiger partial charge on any atom is -0.296 e. The van der Waals surface area contributed by atoms with E-state index in [2.05, 4.69) is 15.4 Å². The Morgan fingerprint density at radius 2 is 2.30 bits per heavy atom. The first-order valence-corrected chi connectivity index (χ1v) is 7.26. The fourth-order valence-electron chi connectivity index (χ4n) is 1.79. The van der Waals surface area contributed by atoms with E-state index in [1.54, 1.807) is 23.0 Å². The zero-order chi connectivity index (χ0) is 14.1. The molecule has 1 N–H and O–H groups in total. The lowest BCUT2D eigenvalue weighted by Gasteiger charge is -1.97. The maximum atomic E-state index is 12.1. The molecule has 0 aliphatic rings. The van der Waals surface area contributed by atoms with Crippen LogP contribution in [-0.4, -0.2) is 20.7 Å². The molecule has 0 unspecified atom stereocenters. The van der Waals surface area contributed by atoms with E-state index in [4.69, 9.17) is 11.6 Å². The number of hydrogen-bond donors (Lipinski definition) is 1. The van der Waals surface area contributed by atoms with Gasteiger partial charge in [-0.15, -0.1) is 0 Å². The van der Waals surface area contributed by atoms with Gasteiger partial charge in [0.25, 0.3) is 5.91 Å². The van der Waals surface area contributed by atoms with Crippen molar-refractivity contribution in [2.45, 2.75) is 13.5 Å². The van der Waals surface area contributed by atoms with Gasteiger partial charge in [-0.2, -0.15) is 5.10 Å². The number of aromatic nitrogens is 3. The van der Waals surface area contributed by atoms with E-state index in [9.17, 15) is 4.79 Å². The molecule has 0 saturated heterocycles. The summed E-state index contributed by atoms with van der Waals surface area (Å²) in [6.45, 7) is 2.69. The smallest absolute Gasteiger partial charge is 0.277 e.